The van der Waals surface area contributed by atoms with Crippen LogP contribution < -0.4 is 20.3 Å². The number of benzene rings is 1. The van der Waals surface area contributed by atoms with Crippen LogP contribution in [0.3, 0.4) is 0 Å². The van der Waals surface area contributed by atoms with E-state index in [-0.39, 0.29) is 17.2 Å². The molecule has 0 aliphatic heterocycles. The SMILES string of the molecule is COc1ccc(Cc2nnc([C@@H](C)NC(C)=O)c(=O)[nH]2)cc1OC. The number of H-pyrrole nitrogens is 1. The second-order valence-corrected chi connectivity index (χ2v) is 5.27. The molecule has 0 spiro atoms. The molecule has 8 nitrogen and oxygen atoms in total. The monoisotopic (exact) mass is 332 g/mol. The van der Waals surface area contributed by atoms with Gasteiger partial charge >= 0.3 is 0 Å². The lowest BCUT2D eigenvalue weighted by Crippen LogP contribution is -2.31. The molecule has 1 atom stereocenters. The molecule has 1 heterocycles. The van der Waals surface area contributed by atoms with Gasteiger partial charge in [-0.1, -0.05) is 6.07 Å². The van der Waals surface area contributed by atoms with E-state index >= 15 is 0 Å². The van der Waals surface area contributed by atoms with Crippen molar-refractivity contribution in [3.8, 4) is 11.5 Å². The molecule has 128 valence electrons. The molecule has 1 aromatic heterocycles. The number of amides is 1. The molecule has 2 N–H and O–H groups in total. The summed E-state index contributed by atoms with van der Waals surface area (Å²) >= 11 is 0. The van der Waals surface area contributed by atoms with E-state index in [2.05, 4.69) is 20.5 Å². The lowest BCUT2D eigenvalue weighted by atomic mass is 10.1. The van der Waals surface area contributed by atoms with E-state index in [4.69, 9.17) is 9.47 Å². The van der Waals surface area contributed by atoms with Crippen molar-refractivity contribution in [1.82, 2.24) is 20.5 Å². The van der Waals surface area contributed by atoms with Gasteiger partial charge in [0.15, 0.2) is 11.5 Å². The molecule has 0 saturated carbocycles. The molecule has 24 heavy (non-hydrogen) atoms. The van der Waals surface area contributed by atoms with E-state index in [0.29, 0.717) is 23.7 Å². The second kappa shape index (κ2) is 7.58. The second-order valence-electron chi connectivity index (χ2n) is 5.27. The van der Waals surface area contributed by atoms with Gasteiger partial charge in [0.1, 0.15) is 11.5 Å². The van der Waals surface area contributed by atoms with Gasteiger partial charge in [-0.05, 0) is 24.6 Å². The normalized spacial score (nSPS) is 11.7. The van der Waals surface area contributed by atoms with Crippen LogP contribution in [0.25, 0.3) is 0 Å². The predicted octanol–water partition coefficient (Wildman–Crippen LogP) is 0.970. The van der Waals surface area contributed by atoms with Crippen LogP contribution in [-0.4, -0.2) is 35.3 Å². The molecule has 8 heteroatoms. The zero-order valence-electron chi connectivity index (χ0n) is 14.0. The number of carbonyl (C=O) groups excluding carboxylic acids is 1. The van der Waals surface area contributed by atoms with Crippen LogP contribution in [0.4, 0.5) is 0 Å². The van der Waals surface area contributed by atoms with E-state index in [1.807, 2.05) is 12.1 Å². The molecule has 0 fully saturated rings. The lowest BCUT2D eigenvalue weighted by molar-refractivity contribution is -0.119. The smallest absolute Gasteiger partial charge is 0.275 e. The van der Waals surface area contributed by atoms with Crippen molar-refractivity contribution in [3.05, 3.63) is 45.6 Å². The van der Waals surface area contributed by atoms with Gasteiger partial charge in [-0.2, -0.15) is 0 Å². The highest BCUT2D eigenvalue weighted by molar-refractivity contribution is 5.73. The first-order valence-corrected chi connectivity index (χ1v) is 7.38. The standard InChI is InChI=1S/C16H20N4O4/c1-9(17-10(2)21)15-16(22)18-14(19-20-15)8-11-5-6-12(23-3)13(7-11)24-4/h5-7,9H,8H2,1-4H3,(H,17,21)(H,18,19,22)/t9-/m1/s1. The largest absolute Gasteiger partial charge is 0.493 e. The van der Waals surface area contributed by atoms with Gasteiger partial charge < -0.3 is 19.8 Å². The van der Waals surface area contributed by atoms with Gasteiger partial charge in [0.05, 0.1) is 20.3 Å². The summed E-state index contributed by atoms with van der Waals surface area (Å²) in [7, 11) is 3.12. The van der Waals surface area contributed by atoms with Crippen molar-refractivity contribution in [3.63, 3.8) is 0 Å². The van der Waals surface area contributed by atoms with Gasteiger partial charge in [-0.3, -0.25) is 9.59 Å². The number of hydrogen-bond donors (Lipinski definition) is 2. The first-order valence-electron chi connectivity index (χ1n) is 7.38. The van der Waals surface area contributed by atoms with E-state index in [1.165, 1.54) is 6.92 Å². The molecule has 0 aliphatic rings. The minimum absolute atomic E-state index is 0.168. The number of aromatic nitrogens is 3. The Morgan fingerprint density at radius 2 is 1.96 bits per heavy atom. The topological polar surface area (TPSA) is 106 Å². The van der Waals surface area contributed by atoms with E-state index in [0.717, 1.165) is 5.56 Å². The number of rotatable bonds is 6. The Morgan fingerprint density at radius 3 is 2.54 bits per heavy atom. The molecular formula is C16H20N4O4. The summed E-state index contributed by atoms with van der Waals surface area (Å²) in [6, 6.07) is 4.95. The maximum absolute atomic E-state index is 12.1. The molecule has 0 saturated heterocycles. The molecule has 0 bridgehead atoms. The first kappa shape index (κ1) is 17.5. The van der Waals surface area contributed by atoms with E-state index in [1.54, 1.807) is 27.2 Å². The third-order valence-corrected chi connectivity index (χ3v) is 3.42. The van der Waals surface area contributed by atoms with E-state index in [9.17, 15) is 9.59 Å². The third kappa shape index (κ3) is 4.09. The highest BCUT2D eigenvalue weighted by Crippen LogP contribution is 2.28. The fourth-order valence-electron chi connectivity index (χ4n) is 2.30. The molecule has 1 aromatic carbocycles. The van der Waals surface area contributed by atoms with Crippen LogP contribution in [-0.2, 0) is 11.2 Å². The molecule has 0 unspecified atom stereocenters. The van der Waals surface area contributed by atoms with Crippen molar-refractivity contribution >= 4 is 5.91 Å². The average Bonchev–Trinajstić information content (AvgIpc) is 2.54. The minimum atomic E-state index is -0.506. The number of nitrogens with one attached hydrogen (secondary N) is 2. The van der Waals surface area contributed by atoms with Crippen LogP contribution in [0.2, 0.25) is 0 Å². The fraction of sp³-hybridized carbons (Fsp3) is 0.375. The highest BCUT2D eigenvalue weighted by atomic mass is 16.5. The quantitative estimate of drug-likeness (QED) is 0.816. The maximum atomic E-state index is 12.1. The van der Waals surface area contributed by atoms with Gasteiger partial charge in [0.2, 0.25) is 5.91 Å². The van der Waals surface area contributed by atoms with Gasteiger partial charge in [-0.25, -0.2) is 0 Å². The van der Waals surface area contributed by atoms with Crippen molar-refractivity contribution in [2.24, 2.45) is 0 Å². The minimum Gasteiger partial charge on any atom is -0.493 e. The van der Waals surface area contributed by atoms with Crippen molar-refractivity contribution in [2.75, 3.05) is 14.2 Å². The van der Waals surface area contributed by atoms with Crippen molar-refractivity contribution in [2.45, 2.75) is 26.3 Å². The Bertz CT molecular complexity index is 788. The number of nitrogens with zero attached hydrogens (tertiary/aromatic N) is 2. The molecule has 1 amide bonds. The number of hydrogen-bond acceptors (Lipinski definition) is 6. The van der Waals surface area contributed by atoms with Crippen LogP contribution >= 0.6 is 0 Å². The lowest BCUT2D eigenvalue weighted by Gasteiger charge is -2.11. The Balaban J connectivity index is 2.21. The predicted molar refractivity (Wildman–Crippen MR) is 87.2 cm³/mol. The zero-order valence-corrected chi connectivity index (χ0v) is 14.0. The summed E-state index contributed by atoms with van der Waals surface area (Å²) in [5.41, 5.74) is 0.684. The van der Waals surface area contributed by atoms with Crippen molar-refractivity contribution < 1.29 is 14.3 Å². The summed E-state index contributed by atoms with van der Waals surface area (Å²) in [5, 5.41) is 10.6. The number of carbonyl (C=O) groups is 1. The third-order valence-electron chi connectivity index (χ3n) is 3.42. The number of aromatic amines is 1. The fourth-order valence-corrected chi connectivity index (χ4v) is 2.30. The van der Waals surface area contributed by atoms with Crippen LogP contribution in [0.1, 0.15) is 37.0 Å². The van der Waals surface area contributed by atoms with Crippen LogP contribution in [0, 0.1) is 0 Å². The Hall–Kier alpha value is -2.90. The molecule has 0 aliphatic carbocycles. The van der Waals surface area contributed by atoms with Gasteiger partial charge in [0.25, 0.3) is 5.56 Å². The van der Waals surface area contributed by atoms with E-state index < -0.39 is 6.04 Å². The summed E-state index contributed by atoms with van der Waals surface area (Å²) in [5.74, 6) is 1.41. The number of methoxy groups -OCH3 is 2. The first-order chi connectivity index (χ1) is 11.4. The Kier molecular flexibility index (Phi) is 5.51. The van der Waals surface area contributed by atoms with Crippen LogP contribution in [0.15, 0.2) is 23.0 Å². The van der Waals surface area contributed by atoms with Crippen molar-refractivity contribution in [1.29, 1.82) is 0 Å². The van der Waals surface area contributed by atoms with Crippen LogP contribution in [0.5, 0.6) is 11.5 Å². The summed E-state index contributed by atoms with van der Waals surface area (Å²) in [4.78, 5) is 25.9. The zero-order chi connectivity index (χ0) is 17.7. The molecular weight excluding hydrogens is 312 g/mol. The summed E-state index contributed by atoms with van der Waals surface area (Å²) in [6.45, 7) is 3.05. The highest BCUT2D eigenvalue weighted by Gasteiger charge is 2.14. The van der Waals surface area contributed by atoms with Gasteiger partial charge in [0, 0.05) is 13.3 Å². The summed E-state index contributed by atoms with van der Waals surface area (Å²) < 4.78 is 10.4. The summed E-state index contributed by atoms with van der Waals surface area (Å²) in [6.07, 6.45) is 0.386. The molecule has 2 aromatic rings. The average molecular weight is 332 g/mol. The Morgan fingerprint density at radius 1 is 1.25 bits per heavy atom. The molecule has 2 rings (SSSR count). The Labute approximate surface area is 139 Å². The maximum Gasteiger partial charge on any atom is 0.275 e. The van der Waals surface area contributed by atoms with Gasteiger partial charge in [-0.15, -0.1) is 10.2 Å². The number of ether oxygens (including phenoxy) is 2. The molecule has 0 radical (unpaired) electrons.